The van der Waals surface area contributed by atoms with Gasteiger partial charge in [-0.15, -0.1) is 0 Å². The molecule has 0 amide bonds. The lowest BCUT2D eigenvalue weighted by Gasteiger charge is -2.66. The molecule has 4 saturated carbocycles. The van der Waals surface area contributed by atoms with E-state index in [-0.39, 0.29) is 11.5 Å². The van der Waals surface area contributed by atoms with Gasteiger partial charge in [0.1, 0.15) is 0 Å². The summed E-state index contributed by atoms with van der Waals surface area (Å²) in [5.41, 5.74) is -0.156. The van der Waals surface area contributed by atoms with E-state index in [2.05, 4.69) is 41.5 Å². The van der Waals surface area contributed by atoms with Gasteiger partial charge in [-0.05, 0) is 97.2 Å². The monoisotopic (exact) mass is 418 g/mol. The van der Waals surface area contributed by atoms with Crippen LogP contribution in [0.1, 0.15) is 112 Å². The summed E-state index contributed by atoms with van der Waals surface area (Å²) < 4.78 is 0. The lowest BCUT2D eigenvalue weighted by atomic mass is 9.41. The zero-order chi connectivity index (χ0) is 21.9. The fraction of sp³-hybridized carbons (Fsp3) is 1.00. The molecule has 174 valence electrons. The van der Waals surface area contributed by atoms with Crippen molar-refractivity contribution in [3.8, 4) is 0 Å². The van der Waals surface area contributed by atoms with E-state index in [0.717, 1.165) is 42.4 Å². The summed E-state index contributed by atoms with van der Waals surface area (Å²) >= 11 is 0. The van der Waals surface area contributed by atoms with Crippen molar-refractivity contribution in [2.45, 2.75) is 124 Å². The first kappa shape index (κ1) is 23.1. The van der Waals surface area contributed by atoms with E-state index in [1.165, 1.54) is 51.4 Å². The third kappa shape index (κ3) is 3.42. The van der Waals surface area contributed by atoms with Crippen molar-refractivity contribution in [2.75, 3.05) is 0 Å². The number of hydrogen-bond donors (Lipinski definition) is 2. The summed E-state index contributed by atoms with van der Waals surface area (Å²) in [7, 11) is 0. The van der Waals surface area contributed by atoms with Crippen LogP contribution in [0.2, 0.25) is 0 Å². The molecule has 0 saturated heterocycles. The van der Waals surface area contributed by atoms with Crippen molar-refractivity contribution < 1.29 is 10.2 Å². The topological polar surface area (TPSA) is 40.5 Å². The molecule has 0 bridgehead atoms. The maximum atomic E-state index is 11.9. The van der Waals surface area contributed by atoms with Crippen LogP contribution in [0, 0.1) is 52.3 Å². The van der Waals surface area contributed by atoms with E-state index >= 15 is 0 Å². The Kier molecular flexibility index (Phi) is 6.20. The maximum absolute atomic E-state index is 11.9. The summed E-state index contributed by atoms with van der Waals surface area (Å²) in [6.07, 6.45) is 13.1. The van der Waals surface area contributed by atoms with Crippen LogP contribution in [0.5, 0.6) is 0 Å². The van der Waals surface area contributed by atoms with Crippen LogP contribution in [0.15, 0.2) is 0 Å². The van der Waals surface area contributed by atoms with Gasteiger partial charge >= 0.3 is 0 Å². The largest absolute Gasteiger partial charge is 0.393 e. The molecule has 0 radical (unpaired) electrons. The molecule has 2 N–H and O–H groups in total. The summed E-state index contributed by atoms with van der Waals surface area (Å²) in [6, 6.07) is 0. The molecule has 2 heteroatoms. The smallest absolute Gasteiger partial charge is 0.0753 e. The van der Waals surface area contributed by atoms with Gasteiger partial charge in [-0.2, -0.15) is 0 Å². The summed E-state index contributed by atoms with van der Waals surface area (Å²) in [5, 5.41) is 22.2. The van der Waals surface area contributed by atoms with Crippen molar-refractivity contribution in [3.63, 3.8) is 0 Å². The van der Waals surface area contributed by atoms with E-state index in [9.17, 15) is 10.2 Å². The zero-order valence-electron chi connectivity index (χ0n) is 20.8. The number of hydrogen-bond acceptors (Lipinski definition) is 2. The normalized spacial score (nSPS) is 51.9. The molecular weight excluding hydrogens is 368 g/mol. The summed E-state index contributed by atoms with van der Waals surface area (Å²) in [4.78, 5) is 0. The number of fused-ring (bicyclic) bond motifs is 5. The predicted molar refractivity (Wildman–Crippen MR) is 125 cm³/mol. The Bertz CT molecular complexity index is 616. The summed E-state index contributed by atoms with van der Waals surface area (Å²) in [6.45, 7) is 14.6. The molecule has 0 aromatic rings. The Morgan fingerprint density at radius 3 is 2.37 bits per heavy atom. The first-order valence-corrected chi connectivity index (χ1v) is 13.4. The van der Waals surface area contributed by atoms with Gasteiger partial charge in [0.25, 0.3) is 0 Å². The molecule has 0 heterocycles. The highest BCUT2D eigenvalue weighted by molar-refractivity contribution is 5.16. The van der Waals surface area contributed by atoms with Crippen molar-refractivity contribution in [1.29, 1.82) is 0 Å². The third-order valence-corrected chi connectivity index (χ3v) is 11.4. The molecule has 4 aliphatic rings. The van der Waals surface area contributed by atoms with E-state index in [1.807, 2.05) is 0 Å². The first-order chi connectivity index (χ1) is 14.0. The molecule has 4 fully saturated rings. The van der Waals surface area contributed by atoms with Gasteiger partial charge < -0.3 is 10.2 Å². The molecule has 0 spiro atoms. The highest BCUT2D eigenvalue weighted by atomic mass is 16.3. The highest BCUT2D eigenvalue weighted by Gasteiger charge is 2.66. The van der Waals surface area contributed by atoms with E-state index in [4.69, 9.17) is 0 Å². The number of aliphatic hydroxyl groups is 2. The third-order valence-electron chi connectivity index (χ3n) is 11.4. The molecule has 0 aromatic heterocycles. The van der Waals surface area contributed by atoms with Gasteiger partial charge in [0.15, 0.2) is 0 Å². The van der Waals surface area contributed by atoms with Crippen molar-refractivity contribution in [2.24, 2.45) is 52.3 Å². The molecule has 2 nitrogen and oxygen atoms in total. The van der Waals surface area contributed by atoms with E-state index in [0.29, 0.717) is 23.7 Å². The maximum Gasteiger partial charge on any atom is 0.0753 e. The van der Waals surface area contributed by atoms with Crippen molar-refractivity contribution >= 4 is 0 Å². The first-order valence-electron chi connectivity index (χ1n) is 13.4. The van der Waals surface area contributed by atoms with E-state index in [1.54, 1.807) is 0 Å². The van der Waals surface area contributed by atoms with Crippen LogP contribution in [-0.4, -0.2) is 21.9 Å². The van der Waals surface area contributed by atoms with Crippen LogP contribution in [0.25, 0.3) is 0 Å². The van der Waals surface area contributed by atoms with Crippen molar-refractivity contribution in [3.05, 3.63) is 0 Å². The Morgan fingerprint density at radius 2 is 1.67 bits per heavy atom. The lowest BCUT2D eigenvalue weighted by molar-refractivity contribution is -0.244. The van der Waals surface area contributed by atoms with Gasteiger partial charge in [0, 0.05) is 6.42 Å². The van der Waals surface area contributed by atoms with Gasteiger partial charge in [-0.25, -0.2) is 0 Å². The second-order valence-corrected chi connectivity index (χ2v) is 13.3. The van der Waals surface area contributed by atoms with Gasteiger partial charge in [-0.1, -0.05) is 60.8 Å². The average Bonchev–Trinajstić information content (AvgIpc) is 3.01. The van der Waals surface area contributed by atoms with Gasteiger partial charge in [-0.3, -0.25) is 0 Å². The Labute approximate surface area is 186 Å². The second kappa shape index (κ2) is 8.05. The van der Waals surface area contributed by atoms with E-state index < -0.39 is 5.60 Å². The summed E-state index contributed by atoms with van der Waals surface area (Å²) in [5.74, 6) is 5.18. The number of aliphatic hydroxyl groups excluding tert-OH is 1. The zero-order valence-corrected chi connectivity index (χ0v) is 20.8. The van der Waals surface area contributed by atoms with Gasteiger partial charge in [0.05, 0.1) is 11.7 Å². The minimum atomic E-state index is -0.665. The Balaban J connectivity index is 1.53. The SMILES string of the molecule is CC(C)CCC[C@H](C)[C@H]1CC[C@@H]2[C@H]3C[C@@H](C)[C@@]4(O)C[C@@H](O)CC[C@]4(C)[C@H]3CC[C@@]21C. The Hall–Kier alpha value is -0.0800. The van der Waals surface area contributed by atoms with Gasteiger partial charge in [0.2, 0.25) is 0 Å². The highest BCUT2D eigenvalue weighted by Crippen LogP contribution is 2.70. The molecule has 0 aromatic carbocycles. The fourth-order valence-corrected chi connectivity index (χ4v) is 9.68. The minimum Gasteiger partial charge on any atom is -0.393 e. The number of rotatable bonds is 5. The van der Waals surface area contributed by atoms with Crippen LogP contribution in [0.4, 0.5) is 0 Å². The van der Waals surface area contributed by atoms with Crippen molar-refractivity contribution in [1.82, 2.24) is 0 Å². The molecule has 0 unspecified atom stereocenters. The molecular formula is C28H50O2. The molecule has 0 aliphatic heterocycles. The minimum absolute atomic E-state index is 0.00311. The van der Waals surface area contributed by atoms with Crippen LogP contribution in [-0.2, 0) is 0 Å². The van der Waals surface area contributed by atoms with Crippen LogP contribution >= 0.6 is 0 Å². The molecule has 4 rings (SSSR count). The van der Waals surface area contributed by atoms with Crippen LogP contribution in [0.3, 0.4) is 0 Å². The fourth-order valence-electron chi connectivity index (χ4n) is 9.68. The average molecular weight is 419 g/mol. The molecule has 30 heavy (non-hydrogen) atoms. The molecule has 10 atom stereocenters. The quantitative estimate of drug-likeness (QED) is 0.513. The standard InChI is InChI=1S/C28H50O2/c1-18(2)8-7-9-19(3)23-10-11-24-22-16-20(4)28(30)17-21(29)12-15-27(28,6)25(22)13-14-26(23,24)5/h18-25,29-30H,7-17H2,1-6H3/t19-,20+,21-,22+,23+,24+,25-,26+,27+,28-/m0/s1. The lowest BCUT2D eigenvalue weighted by Crippen LogP contribution is -2.66. The Morgan fingerprint density at radius 1 is 0.933 bits per heavy atom. The second-order valence-electron chi connectivity index (χ2n) is 13.3. The predicted octanol–water partition coefficient (Wildman–Crippen LogP) is 6.83. The van der Waals surface area contributed by atoms with Crippen LogP contribution < -0.4 is 0 Å². The molecule has 4 aliphatic carbocycles.